The summed E-state index contributed by atoms with van der Waals surface area (Å²) in [5.41, 5.74) is -2.47. The molecule has 0 aliphatic carbocycles. The summed E-state index contributed by atoms with van der Waals surface area (Å²) in [6.07, 6.45) is -10.0. The first-order valence-electron chi connectivity index (χ1n) is 11.2. The van der Waals surface area contributed by atoms with Crippen molar-refractivity contribution in [1.29, 1.82) is 0 Å². The molecule has 0 amide bonds. The minimum absolute atomic E-state index is 0.0337. The van der Waals surface area contributed by atoms with E-state index in [0.29, 0.717) is 28.6 Å². The van der Waals surface area contributed by atoms with E-state index in [-0.39, 0.29) is 11.9 Å². The summed E-state index contributed by atoms with van der Waals surface area (Å²) in [5.74, 6) is -1.05. The summed E-state index contributed by atoms with van der Waals surface area (Å²) in [6.45, 7) is 0. The fourth-order valence-electron chi connectivity index (χ4n) is 4.29. The monoisotopic (exact) mass is 540 g/mol. The molecule has 6 aromatic rings. The van der Waals surface area contributed by atoms with Gasteiger partial charge in [-0.1, -0.05) is 42.5 Å². The van der Waals surface area contributed by atoms with Crippen molar-refractivity contribution >= 4 is 43.0 Å². The first-order chi connectivity index (χ1) is 18.1. The lowest BCUT2D eigenvalue weighted by Crippen LogP contribution is -2.12. The van der Waals surface area contributed by atoms with Crippen LogP contribution in [0.3, 0.4) is 0 Å². The molecule has 0 radical (unpaired) electrons. The van der Waals surface area contributed by atoms with Crippen LogP contribution in [0.5, 0.6) is 11.6 Å². The standard InChI is InChI=1S/C28H14F6N2OS/c29-27(30,31)18-9-10-22(21(14-18)28(32,33)34)37-26-20-12-16-6-2-1-5-15(16)11-19(20)25(35-36-26)24-13-17-7-3-4-8-23(17)38-24/h1-14H. The molecule has 6 rings (SSSR count). The van der Waals surface area contributed by atoms with Gasteiger partial charge in [0.05, 0.1) is 16.0 Å². The van der Waals surface area contributed by atoms with E-state index in [1.54, 1.807) is 6.07 Å². The van der Waals surface area contributed by atoms with E-state index in [1.165, 1.54) is 11.3 Å². The van der Waals surface area contributed by atoms with Gasteiger partial charge in [-0.2, -0.15) is 26.3 Å². The molecule has 3 nitrogen and oxygen atoms in total. The van der Waals surface area contributed by atoms with Crippen LogP contribution in [-0.4, -0.2) is 10.2 Å². The van der Waals surface area contributed by atoms with Gasteiger partial charge in [-0.3, -0.25) is 0 Å². The Morgan fingerprint density at radius 3 is 1.95 bits per heavy atom. The Labute approximate surface area is 214 Å². The molecule has 0 unspecified atom stereocenters. The Morgan fingerprint density at radius 2 is 1.29 bits per heavy atom. The highest BCUT2D eigenvalue weighted by Crippen LogP contribution is 2.44. The van der Waals surface area contributed by atoms with Crippen LogP contribution in [0.25, 0.3) is 42.2 Å². The summed E-state index contributed by atoms with van der Waals surface area (Å²) in [6, 6.07) is 21.9. The Kier molecular flexibility index (Phi) is 5.53. The van der Waals surface area contributed by atoms with Crippen LogP contribution in [0, 0.1) is 0 Å². The first kappa shape index (κ1) is 24.2. The number of halogens is 6. The van der Waals surface area contributed by atoms with Gasteiger partial charge in [0.2, 0.25) is 5.88 Å². The molecule has 38 heavy (non-hydrogen) atoms. The van der Waals surface area contributed by atoms with Crippen molar-refractivity contribution in [1.82, 2.24) is 10.2 Å². The first-order valence-corrected chi connectivity index (χ1v) is 12.0. The largest absolute Gasteiger partial charge is 0.436 e. The molecule has 190 valence electrons. The van der Waals surface area contributed by atoms with Gasteiger partial charge in [0, 0.05) is 15.5 Å². The fraction of sp³-hybridized carbons (Fsp3) is 0.0714. The number of nitrogens with zero attached hydrogens (tertiary/aromatic N) is 2. The molecule has 4 aromatic carbocycles. The SMILES string of the molecule is FC(F)(F)c1ccc(Oc2nnc(-c3cc4ccccc4s3)c3cc4ccccc4cc23)c(C(F)(F)F)c1. The van der Waals surface area contributed by atoms with Crippen LogP contribution in [-0.2, 0) is 12.4 Å². The molecule has 0 spiro atoms. The maximum atomic E-state index is 13.7. The fourth-order valence-corrected chi connectivity index (χ4v) is 5.35. The number of ether oxygens (including phenoxy) is 1. The zero-order valence-corrected chi connectivity index (χ0v) is 19.9. The van der Waals surface area contributed by atoms with Crippen molar-refractivity contribution in [3.8, 4) is 22.2 Å². The molecule has 0 fully saturated rings. The van der Waals surface area contributed by atoms with Gasteiger partial charge in [-0.15, -0.1) is 21.5 Å². The number of thiophene rings is 1. The molecular weight excluding hydrogens is 526 g/mol. The number of hydrogen-bond acceptors (Lipinski definition) is 4. The Morgan fingerprint density at radius 1 is 0.632 bits per heavy atom. The number of alkyl halides is 6. The molecule has 0 N–H and O–H groups in total. The molecule has 2 heterocycles. The molecule has 0 saturated carbocycles. The number of rotatable bonds is 3. The molecule has 0 saturated heterocycles. The summed E-state index contributed by atoms with van der Waals surface area (Å²) in [4.78, 5) is 0.802. The lowest BCUT2D eigenvalue weighted by atomic mass is 10.0. The highest BCUT2D eigenvalue weighted by Gasteiger charge is 2.39. The third-order valence-electron chi connectivity index (χ3n) is 6.09. The molecule has 0 aliphatic rings. The second kappa shape index (κ2) is 8.70. The number of benzene rings is 4. The van der Waals surface area contributed by atoms with Gasteiger partial charge >= 0.3 is 12.4 Å². The molecule has 10 heteroatoms. The molecule has 0 aliphatic heterocycles. The predicted molar refractivity (Wildman–Crippen MR) is 134 cm³/mol. The van der Waals surface area contributed by atoms with Gasteiger partial charge in [-0.25, -0.2) is 0 Å². The Balaban J connectivity index is 1.55. The maximum Gasteiger partial charge on any atom is 0.420 e. The van der Waals surface area contributed by atoms with Gasteiger partial charge < -0.3 is 4.74 Å². The molecule has 0 atom stereocenters. The second-order valence-electron chi connectivity index (χ2n) is 8.56. The van der Waals surface area contributed by atoms with Crippen LogP contribution in [0.15, 0.2) is 84.9 Å². The molecular formula is C28H14F6N2OS. The van der Waals surface area contributed by atoms with E-state index in [9.17, 15) is 26.3 Å². The van der Waals surface area contributed by atoms with E-state index in [4.69, 9.17) is 4.74 Å². The van der Waals surface area contributed by atoms with E-state index < -0.39 is 29.2 Å². The van der Waals surface area contributed by atoms with E-state index >= 15 is 0 Å². The average Bonchev–Trinajstić information content (AvgIpc) is 3.31. The number of aromatic nitrogens is 2. The zero-order valence-electron chi connectivity index (χ0n) is 19.1. The highest BCUT2D eigenvalue weighted by atomic mass is 32.1. The van der Waals surface area contributed by atoms with Gasteiger partial charge in [0.15, 0.2) is 0 Å². The summed E-state index contributed by atoms with van der Waals surface area (Å²) in [7, 11) is 0. The van der Waals surface area contributed by atoms with Crippen LogP contribution < -0.4 is 4.74 Å². The van der Waals surface area contributed by atoms with Crippen LogP contribution in [0.1, 0.15) is 11.1 Å². The zero-order chi connectivity index (χ0) is 26.7. The van der Waals surface area contributed by atoms with Crippen molar-refractivity contribution in [3.63, 3.8) is 0 Å². The van der Waals surface area contributed by atoms with Crippen molar-refractivity contribution in [3.05, 3.63) is 96.1 Å². The van der Waals surface area contributed by atoms with Gasteiger partial charge in [0.1, 0.15) is 11.4 Å². The van der Waals surface area contributed by atoms with Crippen molar-refractivity contribution in [2.45, 2.75) is 12.4 Å². The van der Waals surface area contributed by atoms with Crippen molar-refractivity contribution in [2.24, 2.45) is 0 Å². The van der Waals surface area contributed by atoms with Crippen LogP contribution >= 0.6 is 11.3 Å². The van der Waals surface area contributed by atoms with Crippen LogP contribution in [0.4, 0.5) is 26.3 Å². The van der Waals surface area contributed by atoms with E-state index in [0.717, 1.165) is 25.7 Å². The smallest absolute Gasteiger partial charge is 0.420 e. The minimum Gasteiger partial charge on any atom is -0.436 e. The lowest BCUT2D eigenvalue weighted by Gasteiger charge is -2.17. The van der Waals surface area contributed by atoms with E-state index in [2.05, 4.69) is 10.2 Å². The Hall–Kier alpha value is -4.18. The normalized spacial score (nSPS) is 12.5. The Bertz CT molecular complexity index is 1810. The second-order valence-corrected chi connectivity index (χ2v) is 9.64. The number of fused-ring (bicyclic) bond motifs is 3. The van der Waals surface area contributed by atoms with Gasteiger partial charge in [0.25, 0.3) is 0 Å². The highest BCUT2D eigenvalue weighted by molar-refractivity contribution is 7.22. The third kappa shape index (κ3) is 4.30. The van der Waals surface area contributed by atoms with Crippen molar-refractivity contribution < 1.29 is 31.1 Å². The van der Waals surface area contributed by atoms with Gasteiger partial charge in [-0.05, 0) is 58.6 Å². The third-order valence-corrected chi connectivity index (χ3v) is 7.21. The minimum atomic E-state index is -5.09. The predicted octanol–water partition coefficient (Wildman–Crippen LogP) is 9.49. The quantitative estimate of drug-likeness (QED) is 0.166. The van der Waals surface area contributed by atoms with Crippen LogP contribution in [0.2, 0.25) is 0 Å². The summed E-state index contributed by atoms with van der Waals surface area (Å²) < 4.78 is 87.2. The average molecular weight is 540 g/mol. The molecule has 0 bridgehead atoms. The molecule has 2 aromatic heterocycles. The number of hydrogen-bond donors (Lipinski definition) is 0. The van der Waals surface area contributed by atoms with E-state index in [1.807, 2.05) is 60.7 Å². The maximum absolute atomic E-state index is 13.7. The lowest BCUT2D eigenvalue weighted by molar-refractivity contribution is -0.143. The van der Waals surface area contributed by atoms with Crippen molar-refractivity contribution in [2.75, 3.05) is 0 Å². The summed E-state index contributed by atoms with van der Waals surface area (Å²) in [5, 5.41) is 12.0. The summed E-state index contributed by atoms with van der Waals surface area (Å²) >= 11 is 1.49. The topological polar surface area (TPSA) is 35.0 Å².